The van der Waals surface area contributed by atoms with Crippen LogP contribution in [0.25, 0.3) is 0 Å². The maximum atomic E-state index is 13.1. The van der Waals surface area contributed by atoms with Crippen molar-refractivity contribution in [1.82, 2.24) is 0 Å². The van der Waals surface area contributed by atoms with E-state index in [1.165, 1.54) is 12.1 Å². The Morgan fingerprint density at radius 3 is 2.30 bits per heavy atom. The van der Waals surface area contributed by atoms with Gasteiger partial charge in [-0.2, -0.15) is 13.2 Å². The highest BCUT2D eigenvalue weighted by atomic mass is 19.4. The van der Waals surface area contributed by atoms with Crippen LogP contribution in [0.15, 0.2) is 42.5 Å². The first-order valence-corrected chi connectivity index (χ1v) is 10.7. The second-order valence-electron chi connectivity index (χ2n) is 7.74. The summed E-state index contributed by atoms with van der Waals surface area (Å²) in [7, 11) is 0. The summed E-state index contributed by atoms with van der Waals surface area (Å²) in [4.78, 5) is 38.8. The molecule has 1 fully saturated rings. The van der Waals surface area contributed by atoms with E-state index in [1.807, 2.05) is 32.0 Å². The van der Waals surface area contributed by atoms with Crippen molar-refractivity contribution in [3.8, 4) is 0 Å². The lowest BCUT2D eigenvalue weighted by Gasteiger charge is -2.23. The van der Waals surface area contributed by atoms with Crippen LogP contribution in [0, 0.1) is 5.92 Å². The number of halogens is 3. The summed E-state index contributed by atoms with van der Waals surface area (Å²) in [5.74, 6) is -2.61. The standard InChI is InChI=1S/C24H25F3N2O4/c1-3-15-8-7-9-16(4-2)22(15)29-13-17(12-21(29)31)23(32)33-14-20(30)28-19-11-6-5-10-18(19)24(25,26)27/h5-11,17H,3-4,12-14H2,1-2H3,(H,28,30)/t17-/m0/s1. The number of alkyl halides is 3. The Labute approximate surface area is 189 Å². The number of hydrogen-bond acceptors (Lipinski definition) is 4. The molecule has 1 heterocycles. The van der Waals surface area contributed by atoms with Crippen LogP contribution in [0.5, 0.6) is 0 Å². The van der Waals surface area contributed by atoms with Gasteiger partial charge in [-0.1, -0.05) is 44.2 Å². The number of esters is 1. The van der Waals surface area contributed by atoms with Crippen LogP contribution < -0.4 is 10.2 Å². The van der Waals surface area contributed by atoms with Gasteiger partial charge in [0.2, 0.25) is 5.91 Å². The smallest absolute Gasteiger partial charge is 0.418 e. The van der Waals surface area contributed by atoms with Crippen molar-refractivity contribution in [1.29, 1.82) is 0 Å². The van der Waals surface area contributed by atoms with Gasteiger partial charge >= 0.3 is 12.1 Å². The van der Waals surface area contributed by atoms with Gasteiger partial charge in [0.15, 0.2) is 6.61 Å². The number of carbonyl (C=O) groups excluding carboxylic acids is 3. The number of ether oxygens (including phenoxy) is 1. The molecule has 0 bridgehead atoms. The maximum Gasteiger partial charge on any atom is 0.418 e. The molecule has 0 radical (unpaired) electrons. The number of hydrogen-bond donors (Lipinski definition) is 1. The van der Waals surface area contributed by atoms with Crippen molar-refractivity contribution in [3.05, 3.63) is 59.2 Å². The molecule has 1 aliphatic heterocycles. The Kier molecular flexibility index (Phi) is 7.40. The fourth-order valence-corrected chi connectivity index (χ4v) is 3.92. The summed E-state index contributed by atoms with van der Waals surface area (Å²) < 4.78 is 44.2. The van der Waals surface area contributed by atoms with Crippen LogP contribution in [0.2, 0.25) is 0 Å². The summed E-state index contributed by atoms with van der Waals surface area (Å²) in [6, 6.07) is 10.3. The summed E-state index contributed by atoms with van der Waals surface area (Å²) in [5, 5.41) is 2.12. The number of amides is 2. The molecule has 2 aromatic rings. The van der Waals surface area contributed by atoms with E-state index in [0.717, 1.165) is 41.8 Å². The van der Waals surface area contributed by atoms with E-state index in [-0.39, 0.29) is 18.9 Å². The third-order valence-electron chi connectivity index (χ3n) is 5.55. The average molecular weight is 462 g/mol. The number of benzene rings is 2. The van der Waals surface area contributed by atoms with Gasteiger partial charge in [-0.15, -0.1) is 0 Å². The zero-order valence-electron chi connectivity index (χ0n) is 18.4. The Morgan fingerprint density at radius 1 is 1.06 bits per heavy atom. The van der Waals surface area contributed by atoms with Gasteiger partial charge in [0.25, 0.3) is 5.91 Å². The lowest BCUT2D eigenvalue weighted by molar-refractivity contribution is -0.151. The van der Waals surface area contributed by atoms with E-state index in [9.17, 15) is 27.6 Å². The summed E-state index contributed by atoms with van der Waals surface area (Å²) in [6.45, 7) is 3.35. The van der Waals surface area contributed by atoms with Crippen LogP contribution in [0.3, 0.4) is 0 Å². The Bertz CT molecular complexity index is 1030. The van der Waals surface area contributed by atoms with Crippen LogP contribution in [-0.4, -0.2) is 30.9 Å². The monoisotopic (exact) mass is 462 g/mol. The molecule has 1 atom stereocenters. The molecule has 0 unspecified atom stereocenters. The second-order valence-corrected chi connectivity index (χ2v) is 7.74. The molecule has 1 saturated heterocycles. The first-order chi connectivity index (χ1) is 15.7. The first kappa shape index (κ1) is 24.3. The number of aryl methyl sites for hydroxylation is 2. The fourth-order valence-electron chi connectivity index (χ4n) is 3.92. The highest BCUT2D eigenvalue weighted by Crippen LogP contribution is 2.35. The second kappa shape index (κ2) is 10.1. The number of nitrogens with one attached hydrogen (secondary N) is 1. The largest absolute Gasteiger partial charge is 0.455 e. The molecule has 1 N–H and O–H groups in total. The third kappa shape index (κ3) is 5.53. The Hall–Kier alpha value is -3.36. The van der Waals surface area contributed by atoms with Gasteiger partial charge in [-0.05, 0) is 36.1 Å². The SMILES string of the molecule is CCc1cccc(CC)c1N1C[C@@H](C(=O)OCC(=O)Nc2ccccc2C(F)(F)F)CC1=O. The highest BCUT2D eigenvalue weighted by molar-refractivity contribution is 6.01. The molecule has 2 aromatic carbocycles. The molecule has 1 aliphatic rings. The third-order valence-corrected chi connectivity index (χ3v) is 5.55. The number of nitrogens with zero attached hydrogens (tertiary/aromatic N) is 1. The van der Waals surface area contributed by atoms with E-state index in [4.69, 9.17) is 4.74 Å². The maximum absolute atomic E-state index is 13.1. The van der Waals surface area contributed by atoms with Gasteiger partial charge < -0.3 is 15.0 Å². The minimum absolute atomic E-state index is 0.0570. The average Bonchev–Trinajstić information content (AvgIpc) is 3.17. The molecule has 0 saturated carbocycles. The first-order valence-electron chi connectivity index (χ1n) is 10.7. The predicted octanol–water partition coefficient (Wildman–Crippen LogP) is 4.37. The molecule has 0 aliphatic carbocycles. The fraction of sp³-hybridized carbons (Fsp3) is 0.375. The molecule has 176 valence electrons. The molecule has 0 spiro atoms. The summed E-state index contributed by atoms with van der Waals surface area (Å²) in [5.41, 5.74) is 1.39. The van der Waals surface area contributed by atoms with E-state index >= 15 is 0 Å². The van der Waals surface area contributed by atoms with Crippen molar-refractivity contribution in [2.75, 3.05) is 23.4 Å². The van der Waals surface area contributed by atoms with Gasteiger partial charge in [0.05, 0.1) is 17.2 Å². The molecule has 2 amide bonds. The van der Waals surface area contributed by atoms with E-state index in [0.29, 0.717) is 0 Å². The predicted molar refractivity (Wildman–Crippen MR) is 117 cm³/mol. The minimum Gasteiger partial charge on any atom is -0.455 e. The molecule has 6 nitrogen and oxygen atoms in total. The Morgan fingerprint density at radius 2 is 1.70 bits per heavy atom. The van der Waals surface area contributed by atoms with Crippen LogP contribution in [0.4, 0.5) is 24.5 Å². The van der Waals surface area contributed by atoms with E-state index in [2.05, 4.69) is 5.32 Å². The van der Waals surface area contributed by atoms with Crippen molar-refractivity contribution in [2.45, 2.75) is 39.3 Å². The number of rotatable bonds is 7. The van der Waals surface area contributed by atoms with Crippen molar-refractivity contribution < 1.29 is 32.3 Å². The molecular weight excluding hydrogens is 437 g/mol. The summed E-state index contributed by atoms with van der Waals surface area (Å²) in [6.07, 6.45) is -3.25. The van der Waals surface area contributed by atoms with Crippen molar-refractivity contribution in [3.63, 3.8) is 0 Å². The lowest BCUT2D eigenvalue weighted by Crippen LogP contribution is -2.29. The molecule has 33 heavy (non-hydrogen) atoms. The van der Waals surface area contributed by atoms with Crippen LogP contribution >= 0.6 is 0 Å². The van der Waals surface area contributed by atoms with E-state index in [1.54, 1.807) is 4.90 Å². The number of anilines is 2. The summed E-state index contributed by atoms with van der Waals surface area (Å²) >= 11 is 0. The van der Waals surface area contributed by atoms with Gasteiger partial charge in [-0.25, -0.2) is 0 Å². The van der Waals surface area contributed by atoms with Crippen LogP contribution in [0.1, 0.15) is 37.0 Å². The highest BCUT2D eigenvalue weighted by Gasteiger charge is 2.38. The number of carbonyl (C=O) groups is 3. The van der Waals surface area contributed by atoms with Gasteiger partial charge in [-0.3, -0.25) is 14.4 Å². The minimum atomic E-state index is -4.64. The molecule has 9 heteroatoms. The molecule has 0 aromatic heterocycles. The van der Waals surface area contributed by atoms with Gasteiger partial charge in [0.1, 0.15) is 0 Å². The Balaban J connectivity index is 1.63. The number of para-hydroxylation sites is 2. The van der Waals surface area contributed by atoms with Crippen LogP contribution in [-0.2, 0) is 38.1 Å². The van der Waals surface area contributed by atoms with Crippen molar-refractivity contribution >= 4 is 29.2 Å². The molecular formula is C24H25F3N2O4. The quantitative estimate of drug-likeness (QED) is 0.621. The lowest BCUT2D eigenvalue weighted by atomic mass is 10.0. The van der Waals surface area contributed by atoms with Crippen molar-refractivity contribution in [2.24, 2.45) is 5.92 Å². The zero-order chi connectivity index (χ0) is 24.2. The van der Waals surface area contributed by atoms with Gasteiger partial charge in [0, 0.05) is 18.7 Å². The molecule has 3 rings (SSSR count). The zero-order valence-corrected chi connectivity index (χ0v) is 18.4. The normalized spacial score (nSPS) is 16.1. The topological polar surface area (TPSA) is 75.7 Å². The van der Waals surface area contributed by atoms with E-state index < -0.39 is 41.8 Å².